The summed E-state index contributed by atoms with van der Waals surface area (Å²) < 4.78 is 13.2. The normalized spacial score (nSPS) is 14.4. The molecule has 0 unspecified atom stereocenters. The zero-order valence-corrected chi connectivity index (χ0v) is 37.2. The molecule has 0 saturated carbocycles. The van der Waals surface area contributed by atoms with Gasteiger partial charge in [-0.25, -0.2) is 9.59 Å². The van der Waals surface area contributed by atoms with E-state index in [0.717, 1.165) is 49.9 Å². The molecule has 0 aliphatic heterocycles. The van der Waals surface area contributed by atoms with E-state index in [2.05, 4.69) is 192 Å². The minimum Gasteiger partial charge on any atom is -0.461 e. The van der Waals surface area contributed by atoms with Crippen molar-refractivity contribution in [2.75, 3.05) is 13.2 Å². The first-order chi connectivity index (χ1) is 29.2. The molecule has 5 heteroatoms. The molecule has 0 heterocycles. The maximum absolute atomic E-state index is 12.9. The van der Waals surface area contributed by atoms with Crippen molar-refractivity contribution in [1.82, 2.24) is 0 Å². The number of benzene rings is 8. The summed E-state index contributed by atoms with van der Waals surface area (Å²) in [6.45, 7) is 18.6. The number of halogens is 1. The number of rotatable bonds is 8. The molecule has 2 aliphatic rings. The Bertz CT molecular complexity index is 3150. The van der Waals surface area contributed by atoms with Crippen molar-refractivity contribution in [2.24, 2.45) is 0 Å². The average molecular weight is 909 g/mol. The molecule has 8 aromatic carbocycles. The molecular formula is C56H45IO4. The molecule has 10 rings (SSSR count). The van der Waals surface area contributed by atoms with Crippen LogP contribution in [0.4, 0.5) is 0 Å². The van der Waals surface area contributed by atoms with E-state index in [-0.39, 0.29) is 24.0 Å². The molecule has 0 fully saturated rings. The second-order valence-corrected chi connectivity index (χ2v) is 19.5. The van der Waals surface area contributed by atoms with Gasteiger partial charge in [-0.1, -0.05) is 139 Å². The molecule has 61 heavy (non-hydrogen) atoms. The molecule has 0 amide bonds. The van der Waals surface area contributed by atoms with Gasteiger partial charge in [0, 0.05) is 21.1 Å². The standard InChI is InChI=1S/C56H45IO4/c1-8-50(58)60-30-56(31-61-51(59)9-2)48-27-34(33-13-19-41-42-23-17-39(57)29-47(42)55(6,7)46(41)26-33)14-20-43(48)44-21-15-35(28-49(44)56)40-18-12-32-10-11-36-24-38(54(3,4)5)25-37-16-22-45(40)53(32)52(36)37/h8-29H,1-2,30-31H2,3-7H3. The number of carbonyl (C=O) groups excluding carboxylic acids is 2. The topological polar surface area (TPSA) is 52.6 Å². The Labute approximate surface area is 370 Å². The summed E-state index contributed by atoms with van der Waals surface area (Å²) >= 11 is 2.39. The molecule has 300 valence electrons. The fourth-order valence-electron chi connectivity index (χ4n) is 10.1. The van der Waals surface area contributed by atoms with E-state index in [1.165, 1.54) is 70.5 Å². The Morgan fingerprint density at radius 2 is 1.02 bits per heavy atom. The Morgan fingerprint density at radius 1 is 0.557 bits per heavy atom. The number of hydrogen-bond donors (Lipinski definition) is 0. The van der Waals surface area contributed by atoms with Crippen LogP contribution >= 0.6 is 22.6 Å². The van der Waals surface area contributed by atoms with Crippen LogP contribution in [0.2, 0.25) is 0 Å². The lowest BCUT2D eigenvalue weighted by molar-refractivity contribution is -0.143. The average Bonchev–Trinajstić information content (AvgIpc) is 3.66. The highest BCUT2D eigenvalue weighted by Crippen LogP contribution is 2.54. The van der Waals surface area contributed by atoms with Crippen LogP contribution < -0.4 is 0 Å². The summed E-state index contributed by atoms with van der Waals surface area (Å²) in [5.41, 5.74) is 13.3. The van der Waals surface area contributed by atoms with E-state index >= 15 is 0 Å². The maximum atomic E-state index is 12.9. The lowest BCUT2D eigenvalue weighted by Crippen LogP contribution is -2.38. The summed E-state index contributed by atoms with van der Waals surface area (Å²) in [6, 6.07) is 44.6. The lowest BCUT2D eigenvalue weighted by Gasteiger charge is -2.31. The fraction of sp³-hybridized carbons (Fsp3) is 0.179. The van der Waals surface area contributed by atoms with Crippen LogP contribution in [0.15, 0.2) is 147 Å². The first-order valence-electron chi connectivity index (χ1n) is 20.8. The third-order valence-electron chi connectivity index (χ3n) is 13.4. The Morgan fingerprint density at radius 3 is 1.61 bits per heavy atom. The molecular weight excluding hydrogens is 864 g/mol. The van der Waals surface area contributed by atoms with Gasteiger partial charge in [-0.05, 0) is 163 Å². The second-order valence-electron chi connectivity index (χ2n) is 18.2. The molecule has 0 spiro atoms. The monoisotopic (exact) mass is 908 g/mol. The molecule has 0 saturated heterocycles. The van der Waals surface area contributed by atoms with Gasteiger partial charge < -0.3 is 9.47 Å². The van der Waals surface area contributed by atoms with Crippen molar-refractivity contribution in [1.29, 1.82) is 0 Å². The molecule has 8 aromatic rings. The van der Waals surface area contributed by atoms with Gasteiger partial charge >= 0.3 is 11.9 Å². The van der Waals surface area contributed by atoms with Crippen LogP contribution in [0.3, 0.4) is 0 Å². The highest BCUT2D eigenvalue weighted by Gasteiger charge is 2.46. The summed E-state index contributed by atoms with van der Waals surface area (Å²) in [4.78, 5) is 25.8. The van der Waals surface area contributed by atoms with E-state index < -0.39 is 17.4 Å². The number of esters is 2. The van der Waals surface area contributed by atoms with Gasteiger partial charge in [0.1, 0.15) is 13.2 Å². The largest absolute Gasteiger partial charge is 0.461 e. The van der Waals surface area contributed by atoms with E-state index in [0.29, 0.717) is 0 Å². The van der Waals surface area contributed by atoms with Gasteiger partial charge in [-0.3, -0.25) is 0 Å². The van der Waals surface area contributed by atoms with Gasteiger partial charge in [0.15, 0.2) is 0 Å². The SMILES string of the molecule is C=CC(=O)OCC1(COC(=O)C=C)c2cc(-c3ccc4c(c3)C(C)(C)c3cc(I)ccc3-4)ccc2-c2ccc(-c3ccc4ccc5cc(C(C)(C)C)cc6ccc3c4c56)cc21. The van der Waals surface area contributed by atoms with Gasteiger partial charge in [0.2, 0.25) is 0 Å². The highest BCUT2D eigenvalue weighted by atomic mass is 127. The van der Waals surface area contributed by atoms with E-state index in [4.69, 9.17) is 9.47 Å². The number of carbonyl (C=O) groups is 2. The van der Waals surface area contributed by atoms with Crippen molar-refractivity contribution < 1.29 is 19.1 Å². The number of fused-ring (bicyclic) bond motifs is 6. The predicted molar refractivity (Wildman–Crippen MR) is 259 cm³/mol. The quantitative estimate of drug-likeness (QED) is 0.0660. The van der Waals surface area contributed by atoms with Crippen LogP contribution in [0, 0.1) is 3.57 Å². The lowest BCUT2D eigenvalue weighted by atomic mass is 9.77. The third kappa shape index (κ3) is 6.06. The van der Waals surface area contributed by atoms with Crippen molar-refractivity contribution in [3.05, 3.63) is 178 Å². The number of hydrogen-bond acceptors (Lipinski definition) is 4. The molecule has 4 nitrogen and oxygen atoms in total. The zero-order chi connectivity index (χ0) is 42.6. The molecule has 0 bridgehead atoms. The molecule has 0 aromatic heterocycles. The van der Waals surface area contributed by atoms with Crippen LogP contribution in [-0.4, -0.2) is 25.2 Å². The smallest absolute Gasteiger partial charge is 0.330 e. The van der Waals surface area contributed by atoms with Crippen molar-refractivity contribution in [3.8, 4) is 44.5 Å². The first kappa shape index (κ1) is 39.1. The van der Waals surface area contributed by atoms with Crippen LogP contribution in [-0.2, 0) is 35.3 Å². The minimum absolute atomic E-state index is 0.0224. The second kappa shape index (κ2) is 14.0. The Balaban J connectivity index is 1.15. The summed E-state index contributed by atoms with van der Waals surface area (Å²) in [5, 5.41) is 7.32. The van der Waals surface area contributed by atoms with Crippen LogP contribution in [0.5, 0.6) is 0 Å². The fourth-order valence-corrected chi connectivity index (χ4v) is 10.6. The van der Waals surface area contributed by atoms with Gasteiger partial charge in [-0.2, -0.15) is 0 Å². The minimum atomic E-state index is -1.04. The predicted octanol–water partition coefficient (Wildman–Crippen LogP) is 13.9. The van der Waals surface area contributed by atoms with E-state index in [9.17, 15) is 9.59 Å². The van der Waals surface area contributed by atoms with Crippen molar-refractivity contribution in [3.63, 3.8) is 0 Å². The third-order valence-corrected chi connectivity index (χ3v) is 14.0. The van der Waals surface area contributed by atoms with Gasteiger partial charge in [0.25, 0.3) is 0 Å². The Kier molecular flexibility index (Phi) is 8.97. The van der Waals surface area contributed by atoms with Crippen LogP contribution in [0.25, 0.3) is 76.8 Å². The molecule has 0 radical (unpaired) electrons. The highest BCUT2D eigenvalue weighted by molar-refractivity contribution is 14.1. The van der Waals surface area contributed by atoms with Crippen molar-refractivity contribution >= 4 is 66.8 Å². The Hall–Kier alpha value is -6.05. The number of ether oxygens (including phenoxy) is 2. The molecule has 2 aliphatic carbocycles. The maximum Gasteiger partial charge on any atom is 0.330 e. The van der Waals surface area contributed by atoms with Crippen molar-refractivity contribution in [2.45, 2.75) is 50.9 Å². The van der Waals surface area contributed by atoms with Gasteiger partial charge in [0.05, 0.1) is 5.41 Å². The van der Waals surface area contributed by atoms with Gasteiger partial charge in [-0.15, -0.1) is 0 Å². The summed E-state index contributed by atoms with van der Waals surface area (Å²) in [7, 11) is 0. The zero-order valence-electron chi connectivity index (χ0n) is 35.0. The van der Waals surface area contributed by atoms with E-state index in [1.807, 2.05) is 0 Å². The molecule has 0 N–H and O–H groups in total. The van der Waals surface area contributed by atoms with E-state index in [1.54, 1.807) is 0 Å². The first-order valence-corrected chi connectivity index (χ1v) is 21.9. The molecule has 0 atom stereocenters. The summed E-state index contributed by atoms with van der Waals surface area (Å²) in [6.07, 6.45) is 2.35. The van der Waals surface area contributed by atoms with Crippen LogP contribution in [0.1, 0.15) is 62.4 Å². The summed E-state index contributed by atoms with van der Waals surface area (Å²) in [5.74, 6) is -1.10.